The molecular weight excluding hydrogens is 269 g/mol. The van der Waals surface area contributed by atoms with E-state index in [-0.39, 0.29) is 17.8 Å². The molecule has 0 aliphatic carbocycles. The number of carbonyl (C=O) groups excluding carboxylic acids is 1. The highest BCUT2D eigenvalue weighted by Crippen LogP contribution is 2.15. The van der Waals surface area contributed by atoms with Gasteiger partial charge in [-0.2, -0.15) is 0 Å². The molecule has 0 saturated carbocycles. The van der Waals surface area contributed by atoms with Crippen LogP contribution in [0, 0.1) is 5.82 Å². The van der Waals surface area contributed by atoms with Crippen molar-refractivity contribution in [2.45, 2.75) is 19.5 Å². The first-order valence-corrected chi connectivity index (χ1v) is 6.76. The van der Waals surface area contributed by atoms with Gasteiger partial charge in [-0.1, -0.05) is 24.3 Å². The van der Waals surface area contributed by atoms with E-state index in [1.54, 1.807) is 18.2 Å². The number of hydrogen-bond donors (Lipinski definition) is 1. The normalized spacial score (nSPS) is 12.0. The van der Waals surface area contributed by atoms with E-state index in [0.717, 1.165) is 11.1 Å². The highest BCUT2D eigenvalue weighted by atomic mass is 19.1. The van der Waals surface area contributed by atoms with Gasteiger partial charge in [0, 0.05) is 12.6 Å². The van der Waals surface area contributed by atoms with Crippen LogP contribution in [0.2, 0.25) is 0 Å². The Morgan fingerprint density at radius 3 is 2.71 bits per heavy atom. The number of halogens is 1. The molecule has 1 atom stereocenters. The van der Waals surface area contributed by atoms with Gasteiger partial charge >= 0.3 is 5.97 Å². The van der Waals surface area contributed by atoms with Gasteiger partial charge in [0.15, 0.2) is 0 Å². The van der Waals surface area contributed by atoms with Gasteiger partial charge in [0.2, 0.25) is 0 Å². The molecule has 1 N–H and O–H groups in total. The maximum absolute atomic E-state index is 13.2. The molecular formula is C17H18FNO2. The molecule has 21 heavy (non-hydrogen) atoms. The SMILES string of the molecule is COC(=O)c1cccc(CN[C@H](C)c2cccc(F)c2)c1. The largest absolute Gasteiger partial charge is 0.465 e. The molecule has 2 aromatic rings. The molecule has 2 rings (SSSR count). The third-order valence-electron chi connectivity index (χ3n) is 3.31. The van der Waals surface area contributed by atoms with Crippen molar-refractivity contribution in [3.05, 3.63) is 71.0 Å². The van der Waals surface area contributed by atoms with Crippen LogP contribution in [0.1, 0.15) is 34.5 Å². The van der Waals surface area contributed by atoms with E-state index in [2.05, 4.69) is 5.32 Å². The van der Waals surface area contributed by atoms with Crippen molar-refractivity contribution in [2.75, 3.05) is 7.11 Å². The third-order valence-corrected chi connectivity index (χ3v) is 3.31. The monoisotopic (exact) mass is 287 g/mol. The Labute approximate surface area is 123 Å². The topological polar surface area (TPSA) is 38.3 Å². The molecule has 0 fully saturated rings. The second-order valence-electron chi connectivity index (χ2n) is 4.85. The van der Waals surface area contributed by atoms with E-state index in [1.807, 2.05) is 25.1 Å². The zero-order valence-electron chi connectivity index (χ0n) is 12.1. The van der Waals surface area contributed by atoms with Crippen LogP contribution in [-0.2, 0) is 11.3 Å². The van der Waals surface area contributed by atoms with Crippen LogP contribution in [-0.4, -0.2) is 13.1 Å². The van der Waals surface area contributed by atoms with Gasteiger partial charge in [0.1, 0.15) is 5.82 Å². The van der Waals surface area contributed by atoms with Crippen LogP contribution in [0.25, 0.3) is 0 Å². The predicted molar refractivity (Wildman–Crippen MR) is 79.4 cm³/mol. The van der Waals surface area contributed by atoms with Gasteiger partial charge in [0.05, 0.1) is 12.7 Å². The summed E-state index contributed by atoms with van der Waals surface area (Å²) in [7, 11) is 1.36. The summed E-state index contributed by atoms with van der Waals surface area (Å²) in [6, 6.07) is 13.8. The molecule has 2 aromatic carbocycles. The van der Waals surface area contributed by atoms with Crippen LogP contribution >= 0.6 is 0 Å². The summed E-state index contributed by atoms with van der Waals surface area (Å²) in [5.41, 5.74) is 2.38. The lowest BCUT2D eigenvalue weighted by Crippen LogP contribution is -2.18. The average molecular weight is 287 g/mol. The Bertz CT molecular complexity index is 628. The van der Waals surface area contributed by atoms with E-state index in [0.29, 0.717) is 12.1 Å². The molecule has 110 valence electrons. The fourth-order valence-electron chi connectivity index (χ4n) is 2.09. The Balaban J connectivity index is 2.01. The van der Waals surface area contributed by atoms with Gasteiger partial charge in [-0.25, -0.2) is 9.18 Å². The van der Waals surface area contributed by atoms with E-state index < -0.39 is 0 Å². The number of rotatable bonds is 5. The Kier molecular flexibility index (Phi) is 5.06. The summed E-state index contributed by atoms with van der Waals surface area (Å²) in [4.78, 5) is 11.5. The Hall–Kier alpha value is -2.20. The van der Waals surface area contributed by atoms with Gasteiger partial charge in [-0.05, 0) is 42.3 Å². The fourth-order valence-corrected chi connectivity index (χ4v) is 2.09. The van der Waals surface area contributed by atoms with Crippen molar-refractivity contribution in [3.8, 4) is 0 Å². The van der Waals surface area contributed by atoms with Crippen molar-refractivity contribution in [1.82, 2.24) is 5.32 Å². The molecule has 0 aromatic heterocycles. The first kappa shape index (κ1) is 15.2. The fraction of sp³-hybridized carbons (Fsp3) is 0.235. The van der Waals surface area contributed by atoms with Crippen LogP contribution < -0.4 is 5.32 Å². The average Bonchev–Trinajstić information content (AvgIpc) is 2.52. The lowest BCUT2D eigenvalue weighted by Gasteiger charge is -2.14. The third kappa shape index (κ3) is 4.13. The standard InChI is InChI=1S/C17H18FNO2/c1-12(14-6-4-8-16(18)10-14)19-11-13-5-3-7-15(9-13)17(20)21-2/h3-10,12,19H,11H2,1-2H3/t12-/m1/s1. The number of benzene rings is 2. The summed E-state index contributed by atoms with van der Waals surface area (Å²) in [6.07, 6.45) is 0. The summed E-state index contributed by atoms with van der Waals surface area (Å²) in [6.45, 7) is 2.56. The molecule has 0 heterocycles. The summed E-state index contributed by atoms with van der Waals surface area (Å²) in [5, 5.41) is 3.31. The minimum Gasteiger partial charge on any atom is -0.465 e. The maximum atomic E-state index is 13.2. The molecule has 0 radical (unpaired) electrons. The summed E-state index contributed by atoms with van der Waals surface area (Å²) < 4.78 is 17.9. The van der Waals surface area contributed by atoms with Crippen LogP contribution in [0.3, 0.4) is 0 Å². The van der Waals surface area contributed by atoms with E-state index in [1.165, 1.54) is 19.2 Å². The molecule has 0 aliphatic rings. The van der Waals surface area contributed by atoms with Crippen molar-refractivity contribution >= 4 is 5.97 Å². The molecule has 0 saturated heterocycles. The molecule has 0 aliphatic heterocycles. The highest BCUT2D eigenvalue weighted by molar-refractivity contribution is 5.89. The highest BCUT2D eigenvalue weighted by Gasteiger charge is 2.08. The summed E-state index contributed by atoms with van der Waals surface area (Å²) in [5.74, 6) is -0.594. The van der Waals surface area contributed by atoms with Crippen molar-refractivity contribution in [3.63, 3.8) is 0 Å². The second kappa shape index (κ2) is 6.99. The van der Waals surface area contributed by atoms with Gasteiger partial charge < -0.3 is 10.1 Å². The molecule has 0 amide bonds. The van der Waals surface area contributed by atoms with Crippen molar-refractivity contribution in [2.24, 2.45) is 0 Å². The summed E-state index contributed by atoms with van der Waals surface area (Å²) >= 11 is 0. The van der Waals surface area contributed by atoms with Crippen LogP contribution in [0.4, 0.5) is 4.39 Å². The van der Waals surface area contributed by atoms with E-state index in [4.69, 9.17) is 4.74 Å². The number of methoxy groups -OCH3 is 1. The second-order valence-corrected chi connectivity index (χ2v) is 4.85. The minimum atomic E-state index is -0.352. The molecule has 4 heteroatoms. The number of nitrogens with one attached hydrogen (secondary N) is 1. The number of hydrogen-bond acceptors (Lipinski definition) is 3. The smallest absolute Gasteiger partial charge is 0.337 e. The van der Waals surface area contributed by atoms with Crippen molar-refractivity contribution < 1.29 is 13.9 Å². The number of esters is 1. The Morgan fingerprint density at radius 2 is 2.00 bits per heavy atom. The molecule has 0 unspecified atom stereocenters. The van der Waals surface area contributed by atoms with Crippen molar-refractivity contribution in [1.29, 1.82) is 0 Å². The number of ether oxygens (including phenoxy) is 1. The lowest BCUT2D eigenvalue weighted by atomic mass is 10.1. The molecule has 3 nitrogen and oxygen atoms in total. The zero-order valence-corrected chi connectivity index (χ0v) is 12.1. The van der Waals surface area contributed by atoms with E-state index in [9.17, 15) is 9.18 Å². The first-order valence-electron chi connectivity index (χ1n) is 6.76. The first-order chi connectivity index (χ1) is 10.1. The quantitative estimate of drug-likeness (QED) is 0.856. The van der Waals surface area contributed by atoms with Gasteiger partial charge in [0.25, 0.3) is 0 Å². The van der Waals surface area contributed by atoms with Gasteiger partial charge in [-0.15, -0.1) is 0 Å². The predicted octanol–water partition coefficient (Wildman–Crippen LogP) is 3.46. The van der Waals surface area contributed by atoms with Crippen LogP contribution in [0.5, 0.6) is 0 Å². The number of carbonyl (C=O) groups is 1. The zero-order chi connectivity index (χ0) is 15.2. The lowest BCUT2D eigenvalue weighted by molar-refractivity contribution is 0.0600. The Morgan fingerprint density at radius 1 is 1.24 bits per heavy atom. The molecule has 0 spiro atoms. The van der Waals surface area contributed by atoms with E-state index >= 15 is 0 Å². The molecule has 0 bridgehead atoms. The van der Waals surface area contributed by atoms with Gasteiger partial charge in [-0.3, -0.25) is 0 Å². The maximum Gasteiger partial charge on any atom is 0.337 e. The van der Waals surface area contributed by atoms with Crippen LogP contribution in [0.15, 0.2) is 48.5 Å². The minimum absolute atomic E-state index is 0.0162.